The maximum Gasteiger partial charge on any atom is 0.321 e. The summed E-state index contributed by atoms with van der Waals surface area (Å²) >= 11 is 0. The first kappa shape index (κ1) is 15.7. The zero-order valence-corrected chi connectivity index (χ0v) is 12.2. The number of anilines is 1. The van der Waals surface area contributed by atoms with Crippen LogP contribution in [0.3, 0.4) is 0 Å². The molecule has 1 aromatic carbocycles. The Morgan fingerprint density at radius 3 is 2.76 bits per heavy atom. The lowest BCUT2D eigenvalue weighted by Crippen LogP contribution is -2.35. The van der Waals surface area contributed by atoms with Gasteiger partial charge in [-0.2, -0.15) is 0 Å². The fourth-order valence-corrected chi connectivity index (χ4v) is 2.45. The Morgan fingerprint density at radius 2 is 2.10 bits per heavy atom. The maximum absolute atomic E-state index is 13.5. The lowest BCUT2D eigenvalue weighted by Gasteiger charge is -2.25. The molecule has 21 heavy (non-hydrogen) atoms. The van der Waals surface area contributed by atoms with E-state index in [1.807, 2.05) is 0 Å². The smallest absolute Gasteiger partial charge is 0.321 e. The number of urea groups is 1. The highest BCUT2D eigenvalue weighted by molar-refractivity contribution is 5.89. The van der Waals surface area contributed by atoms with Gasteiger partial charge in [0, 0.05) is 19.7 Å². The first-order valence-corrected chi connectivity index (χ1v) is 7.24. The van der Waals surface area contributed by atoms with Crippen molar-refractivity contribution in [2.45, 2.75) is 19.3 Å². The van der Waals surface area contributed by atoms with E-state index in [0.717, 1.165) is 44.5 Å². The van der Waals surface area contributed by atoms with Crippen LogP contribution in [0.5, 0.6) is 0 Å². The fraction of sp³-hybridized carbons (Fsp3) is 0.533. The predicted molar refractivity (Wildman–Crippen MR) is 78.2 cm³/mol. The zero-order valence-electron chi connectivity index (χ0n) is 12.2. The van der Waals surface area contributed by atoms with Gasteiger partial charge in [0.15, 0.2) is 0 Å². The third kappa shape index (κ3) is 4.67. The number of hydrogen-bond donors (Lipinski definition) is 2. The van der Waals surface area contributed by atoms with E-state index in [0.29, 0.717) is 12.5 Å². The number of nitrogens with one attached hydrogen (secondary N) is 2. The zero-order chi connectivity index (χ0) is 15.2. The number of carbonyl (C=O) groups is 1. The number of carbonyl (C=O) groups excluding carboxylic acids is 1. The van der Waals surface area contributed by atoms with Crippen molar-refractivity contribution < 1.29 is 13.6 Å². The molecule has 6 heteroatoms. The molecular formula is C15H21F2N3O. The lowest BCUT2D eigenvalue weighted by molar-refractivity contribution is 0.216. The third-order valence-corrected chi connectivity index (χ3v) is 3.85. The molecule has 0 aliphatic carbocycles. The Hall–Kier alpha value is -1.69. The van der Waals surface area contributed by atoms with Crippen molar-refractivity contribution in [3.05, 3.63) is 29.8 Å². The topological polar surface area (TPSA) is 44.4 Å². The molecule has 0 saturated carbocycles. The summed E-state index contributed by atoms with van der Waals surface area (Å²) in [5.41, 5.74) is -0.00452. The van der Waals surface area contributed by atoms with Crippen molar-refractivity contribution in [2.24, 2.45) is 5.92 Å². The van der Waals surface area contributed by atoms with Gasteiger partial charge in [0.05, 0.1) is 5.69 Å². The Balaban J connectivity index is 1.81. The normalized spacial score (nSPS) is 15.8. The second kappa shape index (κ2) is 7.36. The molecule has 1 aliphatic heterocycles. The first-order chi connectivity index (χ1) is 10.1. The highest BCUT2D eigenvalue weighted by Crippen LogP contribution is 2.17. The Bertz CT molecular complexity index is 490. The summed E-state index contributed by atoms with van der Waals surface area (Å²) in [6.07, 6.45) is 3.20. The van der Waals surface area contributed by atoms with Crippen molar-refractivity contribution in [1.82, 2.24) is 10.2 Å². The van der Waals surface area contributed by atoms with Crippen LogP contribution < -0.4 is 10.6 Å². The van der Waals surface area contributed by atoms with Gasteiger partial charge in [-0.15, -0.1) is 0 Å². The number of piperidine rings is 1. The van der Waals surface area contributed by atoms with E-state index >= 15 is 0 Å². The summed E-state index contributed by atoms with van der Waals surface area (Å²) in [6, 6.07) is 2.72. The molecule has 1 heterocycles. The van der Waals surface area contributed by atoms with Crippen LogP contribution in [0.4, 0.5) is 19.3 Å². The van der Waals surface area contributed by atoms with Crippen LogP contribution in [0.2, 0.25) is 0 Å². The van der Waals surface area contributed by atoms with Crippen molar-refractivity contribution in [1.29, 1.82) is 0 Å². The largest absolute Gasteiger partial charge is 0.328 e. The summed E-state index contributed by atoms with van der Waals surface area (Å²) in [6.45, 7) is 2.68. The van der Waals surface area contributed by atoms with E-state index in [-0.39, 0.29) is 11.7 Å². The number of amides is 2. The standard InChI is InChI=1S/C15H21F2N3O/c1-20(9-6-11-4-7-18-8-5-11)15(21)19-14-3-2-12(16)10-13(14)17/h2-3,10-11,18H,4-9H2,1H3,(H,19,21). The molecule has 1 aliphatic rings. The lowest BCUT2D eigenvalue weighted by atomic mass is 9.94. The molecule has 0 aromatic heterocycles. The van der Waals surface area contributed by atoms with Gasteiger partial charge in [-0.05, 0) is 50.4 Å². The van der Waals surface area contributed by atoms with Crippen molar-refractivity contribution in [3.8, 4) is 0 Å². The summed E-state index contributed by atoms with van der Waals surface area (Å²) in [4.78, 5) is 13.5. The van der Waals surface area contributed by atoms with Gasteiger partial charge in [-0.3, -0.25) is 0 Å². The third-order valence-electron chi connectivity index (χ3n) is 3.85. The molecule has 4 nitrogen and oxygen atoms in total. The minimum absolute atomic E-state index is 0.00452. The Labute approximate surface area is 123 Å². The minimum Gasteiger partial charge on any atom is -0.328 e. The van der Waals surface area contributed by atoms with Crippen LogP contribution in [0.25, 0.3) is 0 Å². The molecule has 2 amide bonds. The van der Waals surface area contributed by atoms with Gasteiger partial charge in [0.1, 0.15) is 11.6 Å². The number of halogens is 2. The second-order valence-corrected chi connectivity index (χ2v) is 5.46. The van der Waals surface area contributed by atoms with Gasteiger partial charge in [-0.1, -0.05) is 0 Å². The van der Waals surface area contributed by atoms with Gasteiger partial charge in [0.25, 0.3) is 0 Å². The predicted octanol–water partition coefficient (Wildman–Crippen LogP) is 2.82. The molecule has 2 N–H and O–H groups in total. The van der Waals surface area contributed by atoms with Crippen molar-refractivity contribution >= 4 is 11.7 Å². The average molecular weight is 297 g/mol. The maximum atomic E-state index is 13.5. The molecule has 1 fully saturated rings. The van der Waals surface area contributed by atoms with Crippen LogP contribution in [0.15, 0.2) is 18.2 Å². The average Bonchev–Trinajstić information content (AvgIpc) is 2.48. The van der Waals surface area contributed by atoms with E-state index in [2.05, 4.69) is 10.6 Å². The summed E-state index contributed by atoms with van der Waals surface area (Å²) in [5, 5.41) is 5.76. The van der Waals surface area contributed by atoms with Crippen LogP contribution >= 0.6 is 0 Å². The van der Waals surface area contributed by atoms with E-state index in [4.69, 9.17) is 0 Å². The van der Waals surface area contributed by atoms with Gasteiger partial charge < -0.3 is 15.5 Å². The Morgan fingerprint density at radius 1 is 1.38 bits per heavy atom. The minimum atomic E-state index is -0.768. The molecular weight excluding hydrogens is 276 g/mol. The molecule has 116 valence electrons. The molecule has 0 radical (unpaired) electrons. The molecule has 2 rings (SSSR count). The van der Waals surface area contributed by atoms with Gasteiger partial charge in [0.2, 0.25) is 0 Å². The van der Waals surface area contributed by atoms with Crippen LogP contribution in [-0.2, 0) is 0 Å². The summed E-state index contributed by atoms with van der Waals surface area (Å²) in [7, 11) is 1.68. The highest BCUT2D eigenvalue weighted by Gasteiger charge is 2.16. The summed E-state index contributed by atoms with van der Waals surface area (Å²) < 4.78 is 26.3. The SMILES string of the molecule is CN(CCC1CCNCC1)C(=O)Nc1ccc(F)cc1F. The number of benzene rings is 1. The highest BCUT2D eigenvalue weighted by atomic mass is 19.1. The Kier molecular flexibility index (Phi) is 5.50. The molecule has 0 atom stereocenters. The van der Waals surface area contributed by atoms with Gasteiger partial charge >= 0.3 is 6.03 Å². The molecule has 0 unspecified atom stereocenters. The van der Waals surface area contributed by atoms with Gasteiger partial charge in [-0.25, -0.2) is 13.6 Å². The van der Waals surface area contributed by atoms with E-state index in [1.54, 1.807) is 7.05 Å². The number of hydrogen-bond acceptors (Lipinski definition) is 2. The molecule has 1 saturated heterocycles. The number of rotatable bonds is 4. The van der Waals surface area contributed by atoms with Crippen LogP contribution in [0, 0.1) is 17.6 Å². The number of nitrogens with zero attached hydrogens (tertiary/aromatic N) is 1. The first-order valence-electron chi connectivity index (χ1n) is 7.24. The quantitative estimate of drug-likeness (QED) is 0.897. The molecule has 0 spiro atoms. The van der Waals surface area contributed by atoms with Crippen LogP contribution in [-0.4, -0.2) is 37.6 Å². The van der Waals surface area contributed by atoms with Crippen molar-refractivity contribution in [3.63, 3.8) is 0 Å². The summed E-state index contributed by atoms with van der Waals surface area (Å²) in [5.74, 6) is -0.802. The van der Waals surface area contributed by atoms with E-state index in [1.165, 1.54) is 11.0 Å². The monoisotopic (exact) mass is 297 g/mol. The van der Waals surface area contributed by atoms with Crippen molar-refractivity contribution in [2.75, 3.05) is 32.0 Å². The van der Waals surface area contributed by atoms with E-state index in [9.17, 15) is 13.6 Å². The van der Waals surface area contributed by atoms with Crippen LogP contribution in [0.1, 0.15) is 19.3 Å². The molecule has 1 aromatic rings. The molecule has 0 bridgehead atoms. The second-order valence-electron chi connectivity index (χ2n) is 5.46. The van der Waals surface area contributed by atoms with E-state index < -0.39 is 11.6 Å². The fourth-order valence-electron chi connectivity index (χ4n) is 2.45.